The average molecular weight is 1450 g/mol. The molecule has 33 heteroatoms. The predicted octanol–water partition coefficient (Wildman–Crippen LogP) is 4.98. The van der Waals surface area contributed by atoms with E-state index in [2.05, 4.69) is 115 Å². The number of fused-ring (bicyclic) bond motifs is 3. The van der Waals surface area contributed by atoms with Crippen molar-refractivity contribution in [3.05, 3.63) is 141 Å². The van der Waals surface area contributed by atoms with E-state index in [-0.39, 0.29) is 115 Å². The van der Waals surface area contributed by atoms with E-state index in [0.717, 1.165) is 72.0 Å². The van der Waals surface area contributed by atoms with Crippen molar-refractivity contribution < 1.29 is 43.2 Å². The maximum atomic E-state index is 14.0. The molecule has 3 aliphatic rings. The molecule has 2 saturated heterocycles. The van der Waals surface area contributed by atoms with Crippen molar-refractivity contribution in [2.45, 2.75) is 78.2 Å². The number of anilines is 4. The van der Waals surface area contributed by atoms with Gasteiger partial charge in [0.1, 0.15) is 28.3 Å². The summed E-state index contributed by atoms with van der Waals surface area (Å²) in [7, 11) is 8.09. The molecule has 0 saturated carbocycles. The fourth-order valence-corrected chi connectivity index (χ4v) is 13.7. The number of imidazole rings is 3. The molecular weight excluding hydrogens is 1370 g/mol. The van der Waals surface area contributed by atoms with Crippen LogP contribution in [0.5, 0.6) is 0 Å². The first-order chi connectivity index (χ1) is 49.9. The molecule has 0 bridgehead atoms. The van der Waals surface area contributed by atoms with Crippen molar-refractivity contribution in [2.24, 2.45) is 52.1 Å². The highest BCUT2D eigenvalue weighted by Crippen LogP contribution is 2.40. The average Bonchev–Trinajstić information content (AvgIpc) is 1.59. The number of aryl methyl sites for hydroxylation is 7. The molecule has 0 spiro atoms. The lowest BCUT2D eigenvalue weighted by Gasteiger charge is -2.30. The maximum absolute atomic E-state index is 14.0. The number of amides is 9. The van der Waals surface area contributed by atoms with Gasteiger partial charge in [0, 0.05) is 170 Å². The third-order valence-corrected chi connectivity index (χ3v) is 19.6. The summed E-state index contributed by atoms with van der Waals surface area (Å²) in [6.45, 7) is 10.1. The third-order valence-electron chi connectivity index (χ3n) is 18.1. The number of aromatic nitrogens is 11. The number of rotatable bonds is 24. The van der Waals surface area contributed by atoms with Gasteiger partial charge in [-0.3, -0.25) is 52.7 Å². The summed E-state index contributed by atoms with van der Waals surface area (Å²) >= 11 is 7.97. The van der Waals surface area contributed by atoms with Gasteiger partial charge in [0.05, 0.1) is 23.5 Å². The number of carbonyl (C=O) groups is 9. The number of hydrogen-bond donors (Lipinski definition) is 8. The normalized spacial score (nSPS) is 14.5. The van der Waals surface area contributed by atoms with Gasteiger partial charge in [-0.05, 0) is 101 Å². The highest BCUT2D eigenvalue weighted by molar-refractivity contribution is 7.15. The summed E-state index contributed by atoms with van der Waals surface area (Å²) in [5.74, 6) is 11.3. The Balaban J connectivity index is 0.530. The van der Waals surface area contributed by atoms with Gasteiger partial charge >= 0.3 is 0 Å². The molecule has 10 heterocycles. The molecule has 0 radical (unpaired) electrons. The zero-order chi connectivity index (χ0) is 73.9. The molecule has 0 aliphatic carbocycles. The van der Waals surface area contributed by atoms with Crippen LogP contribution in [0.15, 0.2) is 78.6 Å². The van der Waals surface area contributed by atoms with Crippen molar-refractivity contribution in [3.8, 4) is 28.7 Å². The summed E-state index contributed by atoms with van der Waals surface area (Å²) in [5, 5.41) is 32.3. The maximum Gasteiger partial charge on any atom is 0.291 e. The zero-order valence-electron chi connectivity index (χ0n) is 58.9. The molecule has 31 nitrogen and oxygen atoms in total. The van der Waals surface area contributed by atoms with Gasteiger partial charge in [0.25, 0.3) is 29.5 Å². The molecule has 3 aliphatic heterocycles. The van der Waals surface area contributed by atoms with Crippen LogP contribution in [0.2, 0.25) is 5.02 Å². The van der Waals surface area contributed by atoms with Crippen LogP contribution in [0.4, 0.5) is 23.0 Å². The molecule has 8 N–H and O–H groups in total. The van der Waals surface area contributed by atoms with Gasteiger partial charge in [-0.1, -0.05) is 35.6 Å². The van der Waals surface area contributed by atoms with E-state index in [9.17, 15) is 43.2 Å². The summed E-state index contributed by atoms with van der Waals surface area (Å²) in [4.78, 5) is 141. The first-order valence-corrected chi connectivity index (χ1v) is 35.2. The highest BCUT2D eigenvalue weighted by Gasteiger charge is 2.35. The Morgan fingerprint density at radius 3 is 1.66 bits per heavy atom. The largest absolute Gasteiger partial charge is 0.355 e. The van der Waals surface area contributed by atoms with Crippen LogP contribution in [-0.4, -0.2) is 180 Å². The van der Waals surface area contributed by atoms with E-state index in [0.29, 0.717) is 42.7 Å². The topological polar surface area (TPSA) is 363 Å². The van der Waals surface area contributed by atoms with Gasteiger partial charge in [-0.25, -0.2) is 15.0 Å². The van der Waals surface area contributed by atoms with Crippen molar-refractivity contribution in [3.63, 3.8) is 0 Å². The van der Waals surface area contributed by atoms with E-state index in [1.54, 1.807) is 63.5 Å². The van der Waals surface area contributed by atoms with Crippen molar-refractivity contribution >= 4 is 105 Å². The number of piperidine rings is 2. The third kappa shape index (κ3) is 18.0. The molecule has 1 atom stereocenters. The van der Waals surface area contributed by atoms with Gasteiger partial charge in [0.15, 0.2) is 23.3 Å². The number of nitrogens with zero attached hydrogens (tertiary/aromatic N) is 14. The van der Waals surface area contributed by atoms with Gasteiger partial charge in [0.2, 0.25) is 35.3 Å². The monoisotopic (exact) mass is 1450 g/mol. The Morgan fingerprint density at radius 1 is 0.577 bits per heavy atom. The Kier molecular flexibility index (Phi) is 23.5. The summed E-state index contributed by atoms with van der Waals surface area (Å²) in [6.07, 6.45) is 12.4. The van der Waals surface area contributed by atoms with Gasteiger partial charge in [-0.2, -0.15) is 0 Å². The number of likely N-dealkylation sites (tertiary alicyclic amines) is 2. The summed E-state index contributed by atoms with van der Waals surface area (Å²) in [5.41, 5.74) is 4.98. The van der Waals surface area contributed by atoms with Crippen LogP contribution in [0.1, 0.15) is 143 Å². The van der Waals surface area contributed by atoms with Crippen molar-refractivity contribution in [1.29, 1.82) is 0 Å². The second-order valence-electron chi connectivity index (χ2n) is 25.7. The molecule has 1 aromatic carbocycles. The van der Waals surface area contributed by atoms with Crippen LogP contribution in [0, 0.1) is 56.3 Å². The molecule has 9 amide bonds. The predicted molar refractivity (Wildman–Crippen MR) is 389 cm³/mol. The molecular formula is C71H81ClN22O9S. The number of carbonyl (C=O) groups excluding carboxylic acids is 9. The molecule has 2 fully saturated rings. The minimum Gasteiger partial charge on any atom is -0.355 e. The number of benzene rings is 1. The number of thiophene rings is 1. The van der Waals surface area contributed by atoms with Gasteiger partial charge < -0.3 is 75.2 Å². The van der Waals surface area contributed by atoms with Crippen LogP contribution < -0.4 is 42.5 Å². The lowest BCUT2D eigenvalue weighted by Crippen LogP contribution is -2.40. The second-order valence-corrected chi connectivity index (χ2v) is 27.4. The second kappa shape index (κ2) is 33.1. The molecule has 542 valence electrons. The highest BCUT2D eigenvalue weighted by atomic mass is 35.5. The SMILES string of the molecule is Cc1sc2c(c1C)C(c1ccc(Cl)cc1)=N[C@@H](CC(=O)N1CCC(C#CC#CC3CCN(CCNC(=O)CCNC(=O)c4nc(NC(=O)CCNC(=O)c5cc(NC(=O)c6nc(NC(=O)CCNC(=O)c7cc(NC(=O)c8nccn8C)cn7C)cn6C)cn5C)cn4C)CC3)CC1)c1nnc(C)n1-2. The van der Waals surface area contributed by atoms with E-state index in [1.165, 1.54) is 60.1 Å². The van der Waals surface area contributed by atoms with Crippen LogP contribution >= 0.6 is 22.9 Å². The van der Waals surface area contributed by atoms with Crippen LogP contribution in [0.3, 0.4) is 0 Å². The Bertz CT molecular complexity index is 4780. The lowest BCUT2D eigenvalue weighted by atomic mass is 9.96. The first-order valence-electron chi connectivity index (χ1n) is 34.0. The number of aliphatic imine (C=N–C) groups is 1. The molecule has 104 heavy (non-hydrogen) atoms. The van der Waals surface area contributed by atoms with Crippen molar-refractivity contribution in [1.82, 2.24) is 83.6 Å². The number of nitrogens with one attached hydrogen (secondary N) is 8. The molecule has 8 aromatic rings. The van der Waals surface area contributed by atoms with E-state index in [1.807, 2.05) is 36.1 Å². The van der Waals surface area contributed by atoms with Crippen LogP contribution in [-0.2, 0) is 54.4 Å². The fraction of sp³-hybridized carbons (Fsp3) is 0.394. The first kappa shape index (κ1) is 73.7. The molecule has 7 aromatic heterocycles. The fourth-order valence-electron chi connectivity index (χ4n) is 12.4. The van der Waals surface area contributed by atoms with E-state index >= 15 is 0 Å². The quantitative estimate of drug-likeness (QED) is 0.0370. The summed E-state index contributed by atoms with van der Waals surface area (Å²) < 4.78 is 9.51. The number of halogens is 1. The van der Waals surface area contributed by atoms with E-state index in [4.69, 9.17) is 16.6 Å². The lowest BCUT2D eigenvalue weighted by molar-refractivity contribution is -0.132. The minimum atomic E-state index is -0.634. The number of hydrogen-bond acceptors (Lipinski definition) is 17. The standard InChI is InChI=1S/C71H81ClN22O9S/c1-42-43(2)104-71-60(42)61(47-13-15-48(72)16-14-47)80-51(62-86-85-44(3)94(62)71)37-59(98)93-31-22-46(23-32-93)12-10-9-11-45-20-29-92(30-21-45)34-28-73-56(95)17-24-77-68(101)64-83-54(40-90(64)7)81-57(96)18-25-76-67(100)53-36-50(39-89(53)6)79-70(103)65-84-55(41-91(65)8)82-58(97)19-26-75-66(99)52-35-49(38-88(52)5)78-69(102)63-74-27-33-87(63)4/h13-16,27,33,35-36,38-41,45-46,51H,17-26,28-32,34,37H2,1-8H3,(H,73,95)(H,75,99)(H,76,100)(H,77,101)(H,78,102)(H,79,103)(H,81,96)(H,82,97)/t51-/m0/s1. The smallest absolute Gasteiger partial charge is 0.291 e. The summed E-state index contributed by atoms with van der Waals surface area (Å²) in [6, 6.07) is 10.1. The zero-order valence-corrected chi connectivity index (χ0v) is 60.5. The Labute approximate surface area is 608 Å². The molecule has 0 unspecified atom stereocenters. The van der Waals surface area contributed by atoms with Gasteiger partial charge in [-0.15, -0.1) is 21.5 Å². The Hall–Kier alpha value is -11.5. The van der Waals surface area contributed by atoms with E-state index < -0.39 is 47.4 Å². The Morgan fingerprint density at radius 2 is 1.11 bits per heavy atom. The van der Waals surface area contributed by atoms with Crippen molar-refractivity contribution in [2.75, 3.05) is 80.2 Å². The molecule has 11 rings (SSSR count). The van der Waals surface area contributed by atoms with Crippen LogP contribution in [0.25, 0.3) is 5.00 Å². The minimum absolute atomic E-state index is 0.0124.